The van der Waals surface area contributed by atoms with Crippen molar-refractivity contribution in [1.29, 1.82) is 0 Å². The van der Waals surface area contributed by atoms with Crippen molar-refractivity contribution in [3.05, 3.63) is 48.0 Å². The number of thioether (sulfide) groups is 1. The minimum atomic E-state index is -0.404. The number of rotatable bonds is 7. The molecule has 8 heteroatoms. The van der Waals surface area contributed by atoms with Crippen molar-refractivity contribution in [3.63, 3.8) is 0 Å². The molecule has 0 saturated heterocycles. The van der Waals surface area contributed by atoms with E-state index in [-0.39, 0.29) is 5.91 Å². The van der Waals surface area contributed by atoms with Gasteiger partial charge in [0.05, 0.1) is 19.5 Å². The third kappa shape index (κ3) is 4.64. The molecule has 1 heterocycles. The van der Waals surface area contributed by atoms with Gasteiger partial charge in [0.1, 0.15) is 0 Å². The number of amides is 1. The number of anilines is 1. The van der Waals surface area contributed by atoms with Crippen molar-refractivity contribution in [3.8, 4) is 23.0 Å². The molecule has 0 unspecified atom stereocenters. The van der Waals surface area contributed by atoms with Crippen LogP contribution in [0.1, 0.15) is 12.5 Å². The van der Waals surface area contributed by atoms with Crippen molar-refractivity contribution >= 4 is 23.4 Å². The van der Waals surface area contributed by atoms with Crippen molar-refractivity contribution < 1.29 is 18.7 Å². The molecule has 146 valence electrons. The summed E-state index contributed by atoms with van der Waals surface area (Å²) in [7, 11) is 3.13. The summed E-state index contributed by atoms with van der Waals surface area (Å²) in [6.45, 7) is 3.76. The zero-order chi connectivity index (χ0) is 20.1. The SMILES string of the molecule is COc1ccc(-c2nnc(S[C@H](C)C(=O)Nc3cccc(C)c3)o2)cc1OC. The fourth-order valence-corrected chi connectivity index (χ4v) is 3.20. The standard InChI is InChI=1S/C20H21N3O4S/c1-12-6-5-7-15(10-12)21-18(24)13(2)28-20-23-22-19(27-20)14-8-9-16(25-3)17(11-14)26-4/h5-11,13H,1-4H3,(H,21,24)/t13-/m1/s1. The number of carbonyl (C=O) groups is 1. The van der Waals surface area contributed by atoms with E-state index in [0.717, 1.165) is 11.3 Å². The van der Waals surface area contributed by atoms with Crippen LogP contribution in [0.15, 0.2) is 52.1 Å². The first-order chi connectivity index (χ1) is 13.5. The average Bonchev–Trinajstić information content (AvgIpc) is 3.15. The molecule has 7 nitrogen and oxygen atoms in total. The Hall–Kier alpha value is -3.00. The number of methoxy groups -OCH3 is 2. The Balaban J connectivity index is 1.67. The number of ether oxygens (including phenoxy) is 2. The molecule has 0 radical (unpaired) electrons. The van der Waals surface area contributed by atoms with E-state index >= 15 is 0 Å². The second-order valence-electron chi connectivity index (χ2n) is 6.06. The van der Waals surface area contributed by atoms with Crippen molar-refractivity contribution in [2.75, 3.05) is 19.5 Å². The Morgan fingerprint density at radius 3 is 2.61 bits per heavy atom. The molecule has 28 heavy (non-hydrogen) atoms. The number of carbonyl (C=O) groups excluding carboxylic acids is 1. The third-order valence-corrected chi connectivity index (χ3v) is 4.90. The summed E-state index contributed by atoms with van der Waals surface area (Å²) in [5, 5.41) is 10.9. The van der Waals surface area contributed by atoms with Gasteiger partial charge in [-0.3, -0.25) is 4.79 Å². The molecule has 3 rings (SSSR count). The first-order valence-corrected chi connectivity index (χ1v) is 9.48. The molecule has 0 aliphatic rings. The zero-order valence-electron chi connectivity index (χ0n) is 16.1. The van der Waals surface area contributed by atoms with E-state index in [1.54, 1.807) is 39.3 Å². The fourth-order valence-electron chi connectivity index (χ4n) is 2.51. The normalized spacial score (nSPS) is 11.7. The highest BCUT2D eigenvalue weighted by molar-refractivity contribution is 8.00. The summed E-state index contributed by atoms with van der Waals surface area (Å²) in [5.74, 6) is 1.39. The number of benzene rings is 2. The maximum atomic E-state index is 12.4. The molecule has 0 bridgehead atoms. The molecule has 0 aliphatic carbocycles. The van der Waals surface area contributed by atoms with E-state index < -0.39 is 5.25 Å². The highest BCUT2D eigenvalue weighted by atomic mass is 32.2. The molecule has 3 aromatic rings. The maximum Gasteiger partial charge on any atom is 0.277 e. The summed E-state index contributed by atoms with van der Waals surface area (Å²) in [6, 6.07) is 13.0. The number of nitrogens with one attached hydrogen (secondary N) is 1. The second kappa shape index (κ2) is 8.79. The third-order valence-electron chi connectivity index (χ3n) is 3.97. The summed E-state index contributed by atoms with van der Waals surface area (Å²) in [5.41, 5.74) is 2.54. The zero-order valence-corrected chi connectivity index (χ0v) is 16.9. The molecule has 1 atom stereocenters. The van der Waals surface area contributed by atoms with Gasteiger partial charge in [0.2, 0.25) is 11.8 Å². The van der Waals surface area contributed by atoms with Gasteiger partial charge < -0.3 is 19.2 Å². The van der Waals surface area contributed by atoms with Crippen molar-refractivity contribution in [2.24, 2.45) is 0 Å². The van der Waals surface area contributed by atoms with Crippen LogP contribution >= 0.6 is 11.8 Å². The van der Waals surface area contributed by atoms with Gasteiger partial charge in [-0.1, -0.05) is 23.9 Å². The number of hydrogen-bond acceptors (Lipinski definition) is 7. The summed E-state index contributed by atoms with van der Waals surface area (Å²) in [6.07, 6.45) is 0. The Morgan fingerprint density at radius 1 is 1.11 bits per heavy atom. The van der Waals surface area contributed by atoms with Crippen LogP contribution in [-0.4, -0.2) is 35.6 Å². The Labute approximate surface area is 167 Å². The largest absolute Gasteiger partial charge is 0.493 e. The minimum absolute atomic E-state index is 0.138. The summed E-state index contributed by atoms with van der Waals surface area (Å²) >= 11 is 1.20. The molecular weight excluding hydrogens is 378 g/mol. The number of aryl methyl sites for hydroxylation is 1. The average molecular weight is 399 g/mol. The molecule has 1 N–H and O–H groups in total. The van der Waals surface area contributed by atoms with Gasteiger partial charge in [0, 0.05) is 11.3 Å². The molecule has 0 saturated carbocycles. The molecule has 1 amide bonds. The van der Waals surface area contributed by atoms with E-state index in [9.17, 15) is 4.79 Å². The predicted molar refractivity (Wildman–Crippen MR) is 108 cm³/mol. The van der Waals surface area contributed by atoms with Gasteiger partial charge in [-0.25, -0.2) is 0 Å². The lowest BCUT2D eigenvalue weighted by molar-refractivity contribution is -0.115. The van der Waals surface area contributed by atoms with Crippen molar-refractivity contribution in [2.45, 2.75) is 24.3 Å². The molecule has 0 spiro atoms. The molecule has 1 aromatic heterocycles. The maximum absolute atomic E-state index is 12.4. The van der Waals surface area contributed by atoms with Crippen LogP contribution in [0.25, 0.3) is 11.5 Å². The van der Waals surface area contributed by atoms with Crippen LogP contribution in [0.5, 0.6) is 11.5 Å². The lowest BCUT2D eigenvalue weighted by atomic mass is 10.2. The molecule has 0 fully saturated rings. The van der Waals surface area contributed by atoms with E-state index in [0.29, 0.717) is 28.2 Å². The van der Waals surface area contributed by atoms with E-state index in [1.165, 1.54) is 11.8 Å². The van der Waals surface area contributed by atoms with Gasteiger partial charge in [-0.05, 0) is 49.7 Å². The van der Waals surface area contributed by atoms with E-state index in [4.69, 9.17) is 13.9 Å². The lowest BCUT2D eigenvalue weighted by Crippen LogP contribution is -2.22. The monoisotopic (exact) mass is 399 g/mol. The quantitative estimate of drug-likeness (QED) is 0.596. The van der Waals surface area contributed by atoms with E-state index in [2.05, 4.69) is 15.5 Å². The Morgan fingerprint density at radius 2 is 1.89 bits per heavy atom. The van der Waals surface area contributed by atoms with Crippen LogP contribution in [0.3, 0.4) is 0 Å². The van der Waals surface area contributed by atoms with Gasteiger partial charge >= 0.3 is 0 Å². The number of aromatic nitrogens is 2. The summed E-state index contributed by atoms with van der Waals surface area (Å²) < 4.78 is 16.2. The van der Waals surface area contributed by atoms with Crippen LogP contribution in [0, 0.1) is 6.92 Å². The molecule has 0 aliphatic heterocycles. The van der Waals surface area contributed by atoms with Crippen LogP contribution in [0.4, 0.5) is 5.69 Å². The topological polar surface area (TPSA) is 86.5 Å². The Kier molecular flexibility index (Phi) is 6.20. The van der Waals surface area contributed by atoms with Gasteiger partial charge in [0.15, 0.2) is 11.5 Å². The number of hydrogen-bond donors (Lipinski definition) is 1. The molecular formula is C20H21N3O4S. The van der Waals surface area contributed by atoms with Crippen molar-refractivity contribution in [1.82, 2.24) is 10.2 Å². The predicted octanol–water partition coefficient (Wildman–Crippen LogP) is 4.18. The van der Waals surface area contributed by atoms with Crippen LogP contribution < -0.4 is 14.8 Å². The minimum Gasteiger partial charge on any atom is -0.493 e. The van der Waals surface area contributed by atoms with Crippen LogP contribution in [0.2, 0.25) is 0 Å². The smallest absolute Gasteiger partial charge is 0.277 e. The molecule has 2 aromatic carbocycles. The highest BCUT2D eigenvalue weighted by Crippen LogP contribution is 2.33. The Bertz CT molecular complexity index is 974. The lowest BCUT2D eigenvalue weighted by Gasteiger charge is -2.10. The van der Waals surface area contributed by atoms with Crippen LogP contribution in [-0.2, 0) is 4.79 Å². The summed E-state index contributed by atoms with van der Waals surface area (Å²) in [4.78, 5) is 12.4. The first kappa shape index (κ1) is 19.8. The highest BCUT2D eigenvalue weighted by Gasteiger charge is 2.19. The number of nitrogens with zero attached hydrogens (tertiary/aromatic N) is 2. The van der Waals surface area contributed by atoms with Gasteiger partial charge in [0.25, 0.3) is 5.22 Å². The second-order valence-corrected chi connectivity index (χ2v) is 7.35. The fraction of sp³-hybridized carbons (Fsp3) is 0.250. The van der Waals surface area contributed by atoms with Gasteiger partial charge in [-0.2, -0.15) is 0 Å². The first-order valence-electron chi connectivity index (χ1n) is 8.60. The van der Waals surface area contributed by atoms with Gasteiger partial charge in [-0.15, -0.1) is 10.2 Å². The van der Waals surface area contributed by atoms with E-state index in [1.807, 2.05) is 31.2 Å².